The third kappa shape index (κ3) is 3.38. The molecule has 0 aromatic heterocycles. The first-order chi connectivity index (χ1) is 8.83. The van der Waals surface area contributed by atoms with E-state index in [4.69, 9.17) is 10.2 Å². The molecule has 0 saturated carbocycles. The summed E-state index contributed by atoms with van der Waals surface area (Å²) >= 11 is 3.01. The van der Waals surface area contributed by atoms with Gasteiger partial charge in [0.05, 0.1) is 0 Å². The maximum atomic E-state index is 13.7. The molecule has 0 heterocycles. The van der Waals surface area contributed by atoms with Gasteiger partial charge in [0.25, 0.3) is 6.43 Å². The fraction of sp³-hybridized carbons (Fsp3) is 0.364. The van der Waals surface area contributed by atoms with E-state index in [1.165, 1.54) is 6.07 Å². The van der Waals surface area contributed by atoms with Gasteiger partial charge in [0.1, 0.15) is 11.4 Å². The topological polar surface area (TPSA) is 69.6 Å². The molecule has 0 fully saturated rings. The Morgan fingerprint density at radius 3 is 2.58 bits per heavy atom. The number of benzene rings is 1. The van der Waals surface area contributed by atoms with E-state index in [0.29, 0.717) is 4.47 Å². The zero-order chi connectivity index (χ0) is 14.6. The summed E-state index contributed by atoms with van der Waals surface area (Å²) < 4.78 is 40.6. The van der Waals surface area contributed by atoms with Gasteiger partial charge in [-0.2, -0.15) is 0 Å². The van der Waals surface area contributed by atoms with Crippen molar-refractivity contribution < 1.29 is 28.2 Å². The van der Waals surface area contributed by atoms with Crippen molar-refractivity contribution >= 4 is 22.0 Å². The number of alkyl halides is 2. The largest absolute Gasteiger partial charge is 0.465 e. The molecule has 0 saturated heterocycles. The van der Waals surface area contributed by atoms with E-state index in [1.54, 1.807) is 5.32 Å². The predicted octanol–water partition coefficient (Wildman–Crippen LogP) is 2.70. The normalized spacial score (nSPS) is 14.2. The first kappa shape index (κ1) is 15.8. The highest BCUT2D eigenvalue weighted by Gasteiger charge is 2.45. The molecule has 1 rings (SSSR count). The van der Waals surface area contributed by atoms with Crippen molar-refractivity contribution in [2.75, 3.05) is 6.61 Å². The van der Waals surface area contributed by atoms with Crippen LogP contribution in [0.2, 0.25) is 0 Å². The Kier molecular flexibility index (Phi) is 5.19. The molecule has 0 spiro atoms. The van der Waals surface area contributed by atoms with Gasteiger partial charge in [0.2, 0.25) is 0 Å². The molecule has 106 valence electrons. The number of amides is 1. The van der Waals surface area contributed by atoms with Crippen molar-refractivity contribution in [2.24, 2.45) is 0 Å². The van der Waals surface area contributed by atoms with Gasteiger partial charge in [-0.1, -0.05) is 15.9 Å². The second-order valence-electron chi connectivity index (χ2n) is 3.80. The lowest BCUT2D eigenvalue weighted by molar-refractivity contribution is 0.0112. The fourth-order valence-electron chi connectivity index (χ4n) is 1.75. The van der Waals surface area contributed by atoms with E-state index in [0.717, 1.165) is 12.1 Å². The molecular formula is C11H11BrF3NO3. The second-order valence-corrected chi connectivity index (χ2v) is 4.72. The van der Waals surface area contributed by atoms with Crippen LogP contribution in [0.15, 0.2) is 22.7 Å². The van der Waals surface area contributed by atoms with Gasteiger partial charge in [0, 0.05) is 23.1 Å². The van der Waals surface area contributed by atoms with Crippen LogP contribution in [0, 0.1) is 5.82 Å². The van der Waals surface area contributed by atoms with Gasteiger partial charge in [-0.25, -0.2) is 18.0 Å². The Balaban J connectivity index is 3.42. The lowest BCUT2D eigenvalue weighted by Crippen LogP contribution is -2.52. The summed E-state index contributed by atoms with van der Waals surface area (Å²) in [6.07, 6.45) is -5.60. The molecule has 1 aromatic rings. The molecule has 0 aliphatic heterocycles. The van der Waals surface area contributed by atoms with Crippen LogP contribution in [0.5, 0.6) is 0 Å². The van der Waals surface area contributed by atoms with Crippen molar-refractivity contribution in [2.45, 2.75) is 18.4 Å². The monoisotopic (exact) mass is 341 g/mol. The van der Waals surface area contributed by atoms with Crippen LogP contribution in [-0.4, -0.2) is 29.3 Å². The van der Waals surface area contributed by atoms with Gasteiger partial charge in [-0.15, -0.1) is 0 Å². The van der Waals surface area contributed by atoms with Gasteiger partial charge in [0.15, 0.2) is 0 Å². The number of hydrogen-bond donors (Lipinski definition) is 3. The summed E-state index contributed by atoms with van der Waals surface area (Å²) in [6.45, 7) is -0.726. The standard InChI is InChI=1S/C11H11BrF3NO3/c12-6-1-2-8(13)7(5-6)11(3-4-17,9(14)15)16-10(18)19/h1-2,5,9,16-17H,3-4H2,(H,18,19). The van der Waals surface area contributed by atoms with Crippen molar-refractivity contribution in [1.29, 1.82) is 0 Å². The molecule has 1 unspecified atom stereocenters. The zero-order valence-electron chi connectivity index (χ0n) is 9.54. The van der Waals surface area contributed by atoms with Crippen LogP contribution in [-0.2, 0) is 5.54 Å². The molecule has 19 heavy (non-hydrogen) atoms. The Labute approximate surface area is 115 Å². The third-order valence-corrected chi connectivity index (χ3v) is 3.11. The van der Waals surface area contributed by atoms with Crippen LogP contribution in [0.25, 0.3) is 0 Å². The number of carboxylic acid groups (broad SMARTS) is 1. The molecule has 0 bridgehead atoms. The number of aliphatic hydroxyl groups is 1. The highest BCUT2D eigenvalue weighted by Crippen LogP contribution is 2.35. The smallest absolute Gasteiger partial charge is 0.405 e. The van der Waals surface area contributed by atoms with Gasteiger partial charge in [-0.05, 0) is 18.2 Å². The fourth-order valence-corrected chi connectivity index (χ4v) is 2.11. The lowest BCUT2D eigenvalue weighted by Gasteiger charge is -2.33. The zero-order valence-corrected chi connectivity index (χ0v) is 11.1. The molecule has 1 amide bonds. The summed E-state index contributed by atoms with van der Waals surface area (Å²) in [5.41, 5.74) is -3.01. The highest BCUT2D eigenvalue weighted by molar-refractivity contribution is 9.10. The van der Waals surface area contributed by atoms with Crippen LogP contribution >= 0.6 is 15.9 Å². The molecule has 8 heteroatoms. The first-order valence-electron chi connectivity index (χ1n) is 5.19. The lowest BCUT2D eigenvalue weighted by atomic mass is 9.86. The van der Waals surface area contributed by atoms with E-state index in [-0.39, 0.29) is 0 Å². The number of carbonyl (C=O) groups is 1. The minimum atomic E-state index is -3.22. The second kappa shape index (κ2) is 6.25. The van der Waals surface area contributed by atoms with Crippen molar-refractivity contribution in [1.82, 2.24) is 5.32 Å². The molecular weight excluding hydrogens is 331 g/mol. The predicted molar refractivity (Wildman–Crippen MR) is 64.6 cm³/mol. The van der Waals surface area contributed by atoms with Crippen LogP contribution < -0.4 is 5.32 Å². The molecule has 1 aromatic carbocycles. The maximum absolute atomic E-state index is 13.7. The average Bonchev–Trinajstić information content (AvgIpc) is 2.30. The highest BCUT2D eigenvalue weighted by atomic mass is 79.9. The van der Waals surface area contributed by atoms with Gasteiger partial charge in [-0.3, -0.25) is 0 Å². The molecule has 0 radical (unpaired) electrons. The number of hydrogen-bond acceptors (Lipinski definition) is 2. The number of halogens is 4. The Morgan fingerprint density at radius 2 is 2.11 bits per heavy atom. The molecule has 4 nitrogen and oxygen atoms in total. The maximum Gasteiger partial charge on any atom is 0.405 e. The molecule has 0 aliphatic carbocycles. The summed E-state index contributed by atoms with van der Waals surface area (Å²) in [6, 6.07) is 3.30. The first-order valence-corrected chi connectivity index (χ1v) is 5.98. The van der Waals surface area contributed by atoms with E-state index >= 15 is 0 Å². The van der Waals surface area contributed by atoms with Crippen LogP contribution in [0.3, 0.4) is 0 Å². The molecule has 3 N–H and O–H groups in total. The number of nitrogens with one attached hydrogen (secondary N) is 1. The van der Waals surface area contributed by atoms with Crippen LogP contribution in [0.4, 0.5) is 18.0 Å². The van der Waals surface area contributed by atoms with E-state index in [2.05, 4.69) is 15.9 Å². The van der Waals surface area contributed by atoms with Crippen molar-refractivity contribution in [3.63, 3.8) is 0 Å². The SMILES string of the molecule is O=C(O)NC(CCO)(c1cc(Br)ccc1F)C(F)F. The van der Waals surface area contributed by atoms with E-state index < -0.39 is 42.5 Å². The minimum absolute atomic E-state index is 0.319. The Morgan fingerprint density at radius 1 is 1.47 bits per heavy atom. The number of rotatable bonds is 5. The van der Waals surface area contributed by atoms with Gasteiger partial charge < -0.3 is 15.5 Å². The quantitative estimate of drug-likeness (QED) is 0.771. The van der Waals surface area contributed by atoms with Crippen molar-refractivity contribution in [3.8, 4) is 0 Å². The molecule has 1 atom stereocenters. The van der Waals surface area contributed by atoms with Crippen LogP contribution in [0.1, 0.15) is 12.0 Å². The van der Waals surface area contributed by atoms with E-state index in [1.807, 2.05) is 0 Å². The average molecular weight is 342 g/mol. The van der Waals surface area contributed by atoms with Gasteiger partial charge >= 0.3 is 6.09 Å². The minimum Gasteiger partial charge on any atom is -0.465 e. The summed E-state index contributed by atoms with van der Waals surface area (Å²) in [5, 5.41) is 19.2. The van der Waals surface area contributed by atoms with Crippen molar-refractivity contribution in [3.05, 3.63) is 34.1 Å². The third-order valence-electron chi connectivity index (χ3n) is 2.62. The number of aliphatic hydroxyl groups excluding tert-OH is 1. The molecule has 0 aliphatic rings. The van der Waals surface area contributed by atoms with E-state index in [9.17, 15) is 18.0 Å². The summed E-state index contributed by atoms with van der Waals surface area (Å²) in [5.74, 6) is -0.981. The summed E-state index contributed by atoms with van der Waals surface area (Å²) in [4.78, 5) is 10.7. The summed E-state index contributed by atoms with van der Waals surface area (Å²) in [7, 11) is 0. The Hall–Kier alpha value is -1.28. The Bertz CT molecular complexity index is 472.